The van der Waals surface area contributed by atoms with Crippen molar-refractivity contribution in [3.8, 4) is 0 Å². The Labute approximate surface area is 70.3 Å². The average Bonchev–Trinajstić information content (AvgIpc) is 2.31. The summed E-state index contributed by atoms with van der Waals surface area (Å²) in [6, 6.07) is 0. The third-order valence-corrected chi connectivity index (χ3v) is 1.97. The fourth-order valence-corrected chi connectivity index (χ4v) is 1.15. The van der Waals surface area contributed by atoms with Crippen LogP contribution in [0.25, 0.3) is 5.65 Å². The van der Waals surface area contributed by atoms with Gasteiger partial charge in [-0.3, -0.25) is 0 Å². The van der Waals surface area contributed by atoms with Crippen LogP contribution in [0.15, 0.2) is 6.33 Å². The third kappa shape index (κ3) is 0.879. The highest BCUT2D eigenvalue weighted by molar-refractivity contribution is 5.48. The second kappa shape index (κ2) is 2.27. The highest BCUT2D eigenvalue weighted by Gasteiger charge is 2.05. The minimum absolute atomic E-state index is 0.783. The van der Waals surface area contributed by atoms with Crippen LogP contribution in [0.2, 0.25) is 0 Å². The Morgan fingerprint density at radius 2 is 2.00 bits per heavy atom. The van der Waals surface area contributed by atoms with Gasteiger partial charge in [-0.25, -0.2) is 14.5 Å². The Morgan fingerprint density at radius 3 is 2.75 bits per heavy atom. The Kier molecular flexibility index (Phi) is 1.36. The van der Waals surface area contributed by atoms with Crippen molar-refractivity contribution in [2.75, 3.05) is 0 Å². The van der Waals surface area contributed by atoms with Crippen molar-refractivity contribution < 1.29 is 0 Å². The van der Waals surface area contributed by atoms with Crippen molar-refractivity contribution in [1.82, 2.24) is 19.6 Å². The first-order valence-electron chi connectivity index (χ1n) is 3.83. The molecular formula is C8H10N4. The smallest absolute Gasteiger partial charge is 0.162 e. The average molecular weight is 162 g/mol. The van der Waals surface area contributed by atoms with E-state index in [0.717, 1.165) is 22.7 Å². The molecule has 2 rings (SSSR count). The molecule has 0 bridgehead atoms. The van der Waals surface area contributed by atoms with E-state index in [9.17, 15) is 0 Å². The quantitative estimate of drug-likeness (QED) is 0.581. The van der Waals surface area contributed by atoms with Crippen molar-refractivity contribution in [3.63, 3.8) is 0 Å². The van der Waals surface area contributed by atoms with Gasteiger partial charge in [-0.1, -0.05) is 0 Å². The molecule has 2 heterocycles. The lowest BCUT2D eigenvalue weighted by molar-refractivity contribution is 0.857. The van der Waals surface area contributed by atoms with Gasteiger partial charge in [-0.2, -0.15) is 5.10 Å². The summed E-state index contributed by atoms with van der Waals surface area (Å²) in [5, 5.41) is 4.25. The number of rotatable bonds is 0. The van der Waals surface area contributed by atoms with E-state index >= 15 is 0 Å². The summed E-state index contributed by atoms with van der Waals surface area (Å²) >= 11 is 0. The van der Waals surface area contributed by atoms with Crippen LogP contribution in [0, 0.1) is 20.8 Å². The van der Waals surface area contributed by atoms with Crippen molar-refractivity contribution in [2.24, 2.45) is 0 Å². The van der Waals surface area contributed by atoms with Crippen molar-refractivity contribution in [2.45, 2.75) is 20.8 Å². The summed E-state index contributed by atoms with van der Waals surface area (Å²) in [6.45, 7) is 5.87. The zero-order valence-electron chi connectivity index (χ0n) is 7.37. The number of hydrogen-bond acceptors (Lipinski definition) is 3. The van der Waals surface area contributed by atoms with E-state index < -0.39 is 0 Å². The molecule has 4 heteroatoms. The molecule has 62 valence electrons. The normalized spacial score (nSPS) is 10.9. The predicted octanol–water partition coefficient (Wildman–Crippen LogP) is 1.05. The van der Waals surface area contributed by atoms with Gasteiger partial charge in [-0.15, -0.1) is 0 Å². The Bertz CT molecular complexity index is 430. The largest absolute Gasteiger partial charge is 0.222 e. The Morgan fingerprint density at radius 1 is 1.25 bits per heavy atom. The first-order valence-corrected chi connectivity index (χ1v) is 3.83. The standard InChI is InChI=1S/C8H10N4/c1-5-6(2)11-12-4-9-7(3)10-8(5)12/h4H,1-3H3. The SMILES string of the molecule is Cc1ncn2nc(C)c(C)c2n1. The van der Waals surface area contributed by atoms with Crippen molar-refractivity contribution in [1.29, 1.82) is 0 Å². The lowest BCUT2D eigenvalue weighted by Gasteiger charge is -1.92. The summed E-state index contributed by atoms with van der Waals surface area (Å²) in [7, 11) is 0. The maximum Gasteiger partial charge on any atom is 0.162 e. The van der Waals surface area contributed by atoms with Gasteiger partial charge in [-0.05, 0) is 20.8 Å². The lowest BCUT2D eigenvalue weighted by Crippen LogP contribution is -1.95. The summed E-state index contributed by atoms with van der Waals surface area (Å²) in [4.78, 5) is 8.34. The molecular weight excluding hydrogens is 152 g/mol. The molecule has 12 heavy (non-hydrogen) atoms. The highest BCUT2D eigenvalue weighted by atomic mass is 15.3. The molecule has 0 saturated carbocycles. The first kappa shape index (κ1) is 7.21. The van der Waals surface area contributed by atoms with Gasteiger partial charge in [0, 0.05) is 5.56 Å². The molecule has 0 unspecified atom stereocenters. The number of fused-ring (bicyclic) bond motifs is 1. The molecule has 4 nitrogen and oxygen atoms in total. The maximum absolute atomic E-state index is 4.29. The second-order valence-electron chi connectivity index (χ2n) is 2.88. The van der Waals surface area contributed by atoms with Crippen molar-refractivity contribution in [3.05, 3.63) is 23.4 Å². The van der Waals surface area contributed by atoms with Crippen molar-refractivity contribution >= 4 is 5.65 Å². The monoisotopic (exact) mass is 162 g/mol. The first-order chi connectivity index (χ1) is 5.68. The summed E-state index contributed by atoms with van der Waals surface area (Å²) in [5.74, 6) is 0.783. The summed E-state index contributed by atoms with van der Waals surface area (Å²) in [5.41, 5.74) is 3.04. The molecule has 0 N–H and O–H groups in total. The molecule has 0 radical (unpaired) electrons. The maximum atomic E-state index is 4.29. The molecule has 0 spiro atoms. The minimum Gasteiger partial charge on any atom is -0.222 e. The second-order valence-corrected chi connectivity index (χ2v) is 2.88. The molecule has 2 aromatic heterocycles. The van der Waals surface area contributed by atoms with Crippen LogP contribution in [-0.2, 0) is 0 Å². The Balaban J connectivity index is 2.88. The fraction of sp³-hybridized carbons (Fsp3) is 0.375. The van der Waals surface area contributed by atoms with Gasteiger partial charge >= 0.3 is 0 Å². The van der Waals surface area contributed by atoms with E-state index in [4.69, 9.17) is 0 Å². The van der Waals surface area contributed by atoms with Gasteiger partial charge in [0.15, 0.2) is 5.65 Å². The van der Waals surface area contributed by atoms with E-state index in [0.29, 0.717) is 0 Å². The third-order valence-electron chi connectivity index (χ3n) is 1.97. The number of nitrogens with zero attached hydrogens (tertiary/aromatic N) is 4. The zero-order chi connectivity index (χ0) is 8.72. The van der Waals surface area contributed by atoms with Gasteiger partial charge in [0.2, 0.25) is 0 Å². The lowest BCUT2D eigenvalue weighted by atomic mass is 10.3. The van der Waals surface area contributed by atoms with E-state index in [-0.39, 0.29) is 0 Å². The molecule has 0 aliphatic heterocycles. The summed E-state index contributed by atoms with van der Waals surface area (Å²) < 4.78 is 1.71. The summed E-state index contributed by atoms with van der Waals surface area (Å²) in [6.07, 6.45) is 1.69. The molecule has 2 aromatic rings. The van der Waals surface area contributed by atoms with Gasteiger partial charge in [0.1, 0.15) is 12.2 Å². The Hall–Kier alpha value is -1.45. The van der Waals surface area contributed by atoms with E-state index in [1.165, 1.54) is 0 Å². The topological polar surface area (TPSA) is 43.1 Å². The van der Waals surface area contributed by atoms with E-state index in [1.54, 1.807) is 10.8 Å². The van der Waals surface area contributed by atoms with Crippen LogP contribution in [0.5, 0.6) is 0 Å². The predicted molar refractivity (Wildman–Crippen MR) is 45.0 cm³/mol. The molecule has 0 aromatic carbocycles. The van der Waals surface area contributed by atoms with Gasteiger partial charge in [0.25, 0.3) is 0 Å². The zero-order valence-corrected chi connectivity index (χ0v) is 7.37. The van der Waals surface area contributed by atoms with Gasteiger partial charge < -0.3 is 0 Å². The van der Waals surface area contributed by atoms with Gasteiger partial charge in [0.05, 0.1) is 5.69 Å². The van der Waals surface area contributed by atoms with E-state index in [1.807, 2.05) is 20.8 Å². The van der Waals surface area contributed by atoms with Crippen LogP contribution in [0.1, 0.15) is 17.1 Å². The molecule has 0 saturated heterocycles. The fourth-order valence-electron chi connectivity index (χ4n) is 1.15. The molecule has 0 atom stereocenters. The molecule has 0 aliphatic carbocycles. The van der Waals surface area contributed by atoms with Crippen LogP contribution in [0.3, 0.4) is 0 Å². The molecule has 0 aliphatic rings. The minimum atomic E-state index is 0.783. The number of hydrogen-bond donors (Lipinski definition) is 0. The molecule has 0 fully saturated rings. The van der Waals surface area contributed by atoms with Crippen LogP contribution < -0.4 is 0 Å². The number of aryl methyl sites for hydroxylation is 3. The molecule has 0 amide bonds. The van der Waals surface area contributed by atoms with Crippen LogP contribution >= 0.6 is 0 Å². The number of aromatic nitrogens is 4. The van der Waals surface area contributed by atoms with Crippen LogP contribution in [0.4, 0.5) is 0 Å². The highest BCUT2D eigenvalue weighted by Crippen LogP contribution is 2.09. The van der Waals surface area contributed by atoms with E-state index in [2.05, 4.69) is 15.1 Å². The van der Waals surface area contributed by atoms with Crippen LogP contribution in [-0.4, -0.2) is 19.6 Å².